The summed E-state index contributed by atoms with van der Waals surface area (Å²) in [6.07, 6.45) is 9.08. The Labute approximate surface area is 180 Å². The topological polar surface area (TPSA) is 72.7 Å². The smallest absolute Gasteiger partial charge is 0.251 e. The number of fused-ring (bicyclic) bond motifs is 2. The van der Waals surface area contributed by atoms with Gasteiger partial charge in [0, 0.05) is 47.2 Å². The maximum Gasteiger partial charge on any atom is 0.251 e. The fraction of sp³-hybridized carbons (Fsp3) is 0.280. The first-order chi connectivity index (χ1) is 15.3. The van der Waals surface area contributed by atoms with Gasteiger partial charge in [-0.05, 0) is 68.0 Å². The van der Waals surface area contributed by atoms with E-state index < -0.39 is 0 Å². The van der Waals surface area contributed by atoms with Gasteiger partial charge in [-0.2, -0.15) is 5.10 Å². The van der Waals surface area contributed by atoms with Crippen molar-refractivity contribution in [3.63, 3.8) is 0 Å². The Morgan fingerprint density at radius 3 is 2.77 bits per heavy atom. The molecule has 6 nitrogen and oxygen atoms in total. The van der Waals surface area contributed by atoms with Crippen LogP contribution in [0.3, 0.4) is 0 Å². The van der Waals surface area contributed by atoms with E-state index >= 15 is 0 Å². The number of hydrogen-bond donors (Lipinski definition) is 1. The van der Waals surface area contributed by atoms with Crippen LogP contribution in [0.2, 0.25) is 0 Å². The molecule has 1 aromatic carbocycles. The molecule has 0 saturated heterocycles. The van der Waals surface area contributed by atoms with Crippen molar-refractivity contribution < 1.29 is 4.79 Å². The highest BCUT2D eigenvalue weighted by Crippen LogP contribution is 2.39. The number of hydrogen-bond acceptors (Lipinski definition) is 4. The largest absolute Gasteiger partial charge is 0.349 e. The third kappa shape index (κ3) is 3.10. The van der Waals surface area contributed by atoms with Gasteiger partial charge in [0.25, 0.3) is 5.91 Å². The van der Waals surface area contributed by atoms with E-state index in [-0.39, 0.29) is 5.91 Å². The molecular formula is C25H23N5O. The number of nitrogens with zero attached hydrogens (tertiary/aromatic N) is 4. The minimum atomic E-state index is -0.0144. The van der Waals surface area contributed by atoms with E-state index in [4.69, 9.17) is 5.10 Å². The number of aromatic nitrogens is 4. The average molecular weight is 409 g/mol. The molecule has 1 amide bonds. The van der Waals surface area contributed by atoms with Crippen LogP contribution in [0.4, 0.5) is 0 Å². The predicted molar refractivity (Wildman–Crippen MR) is 120 cm³/mol. The minimum absolute atomic E-state index is 0.0144. The minimum Gasteiger partial charge on any atom is -0.349 e. The summed E-state index contributed by atoms with van der Waals surface area (Å²) >= 11 is 0. The number of carbonyl (C=O) groups is 1. The van der Waals surface area contributed by atoms with Crippen molar-refractivity contribution in [3.05, 3.63) is 66.1 Å². The fourth-order valence-corrected chi connectivity index (χ4v) is 4.63. The molecule has 1 N–H and O–H groups in total. The number of pyridine rings is 2. The zero-order valence-corrected chi connectivity index (χ0v) is 17.2. The van der Waals surface area contributed by atoms with E-state index in [1.807, 2.05) is 42.6 Å². The van der Waals surface area contributed by atoms with E-state index in [1.54, 1.807) is 6.20 Å². The van der Waals surface area contributed by atoms with Gasteiger partial charge < -0.3 is 5.32 Å². The van der Waals surface area contributed by atoms with Gasteiger partial charge in [-0.3, -0.25) is 19.4 Å². The number of rotatable bonds is 4. The zero-order chi connectivity index (χ0) is 20.8. The lowest BCUT2D eigenvalue weighted by Gasteiger charge is -2.26. The normalized spacial score (nSPS) is 15.6. The average Bonchev–Trinajstić information content (AvgIpc) is 3.37. The zero-order valence-electron chi connectivity index (χ0n) is 17.2. The molecule has 3 aromatic heterocycles. The van der Waals surface area contributed by atoms with Crippen LogP contribution in [0.15, 0.2) is 54.9 Å². The molecule has 4 aromatic rings. The number of nitrogens with one attached hydrogen (secondary N) is 1. The van der Waals surface area contributed by atoms with E-state index in [2.05, 4.69) is 26.0 Å². The molecule has 6 heteroatoms. The van der Waals surface area contributed by atoms with Crippen LogP contribution in [0.5, 0.6) is 0 Å². The number of aryl methyl sites for hydroxylation is 1. The van der Waals surface area contributed by atoms with Gasteiger partial charge in [0.1, 0.15) is 5.69 Å². The third-order valence-electron chi connectivity index (χ3n) is 6.46. The molecule has 0 bridgehead atoms. The number of benzene rings is 1. The van der Waals surface area contributed by atoms with Gasteiger partial charge in [0.15, 0.2) is 0 Å². The maximum atomic E-state index is 12.6. The molecule has 0 radical (unpaired) electrons. The summed E-state index contributed by atoms with van der Waals surface area (Å²) in [4.78, 5) is 21.8. The monoisotopic (exact) mass is 409 g/mol. The van der Waals surface area contributed by atoms with Crippen molar-refractivity contribution >= 4 is 16.8 Å². The lowest BCUT2D eigenvalue weighted by Crippen LogP contribution is -2.39. The molecule has 1 aliphatic carbocycles. The van der Waals surface area contributed by atoms with Gasteiger partial charge in [0.05, 0.1) is 11.2 Å². The molecular weight excluding hydrogens is 386 g/mol. The van der Waals surface area contributed by atoms with Crippen LogP contribution in [-0.4, -0.2) is 31.7 Å². The second kappa shape index (κ2) is 7.30. The maximum absolute atomic E-state index is 12.6. The molecule has 1 saturated carbocycles. The molecule has 6 rings (SSSR count). The molecule has 0 spiro atoms. The SMILES string of the molecule is O=C(NC1CCC1)c1ccc2c(-c3c(-c4ccccn4)nn4c3CCC4)ccnc2c1. The first kappa shape index (κ1) is 18.2. The quantitative estimate of drug-likeness (QED) is 0.543. The Hall–Kier alpha value is -3.54. The van der Waals surface area contributed by atoms with Crippen molar-refractivity contribution in [1.29, 1.82) is 0 Å². The predicted octanol–water partition coefficient (Wildman–Crippen LogP) is 4.39. The van der Waals surface area contributed by atoms with Crippen molar-refractivity contribution in [2.45, 2.75) is 44.7 Å². The van der Waals surface area contributed by atoms with Crippen LogP contribution < -0.4 is 5.32 Å². The third-order valence-corrected chi connectivity index (χ3v) is 6.46. The molecule has 0 atom stereocenters. The highest BCUT2D eigenvalue weighted by atomic mass is 16.1. The van der Waals surface area contributed by atoms with Gasteiger partial charge >= 0.3 is 0 Å². The summed E-state index contributed by atoms with van der Waals surface area (Å²) in [6, 6.07) is 14.1. The van der Waals surface area contributed by atoms with Crippen LogP contribution in [0, 0.1) is 0 Å². The van der Waals surface area contributed by atoms with Crippen LogP contribution in [-0.2, 0) is 13.0 Å². The van der Waals surface area contributed by atoms with Gasteiger partial charge in [-0.1, -0.05) is 12.1 Å². The second-order valence-electron chi connectivity index (χ2n) is 8.40. The van der Waals surface area contributed by atoms with Gasteiger partial charge in [0.2, 0.25) is 0 Å². The summed E-state index contributed by atoms with van der Waals surface area (Å²) in [7, 11) is 0. The highest BCUT2D eigenvalue weighted by molar-refractivity contribution is 6.03. The van der Waals surface area contributed by atoms with Crippen molar-refractivity contribution in [3.8, 4) is 22.5 Å². The molecule has 0 unspecified atom stereocenters. The van der Waals surface area contributed by atoms with Crippen LogP contribution in [0.1, 0.15) is 41.7 Å². The number of carbonyl (C=O) groups excluding carboxylic acids is 1. The van der Waals surface area contributed by atoms with Crippen molar-refractivity contribution in [2.75, 3.05) is 0 Å². The van der Waals surface area contributed by atoms with Gasteiger partial charge in [-0.25, -0.2) is 0 Å². The first-order valence-electron chi connectivity index (χ1n) is 11.0. The molecule has 1 aliphatic heterocycles. The first-order valence-corrected chi connectivity index (χ1v) is 11.0. The molecule has 2 aliphatic rings. The van der Waals surface area contributed by atoms with Gasteiger partial charge in [-0.15, -0.1) is 0 Å². The highest BCUT2D eigenvalue weighted by Gasteiger charge is 2.26. The van der Waals surface area contributed by atoms with E-state index in [0.29, 0.717) is 11.6 Å². The summed E-state index contributed by atoms with van der Waals surface area (Å²) in [5, 5.41) is 9.05. The molecule has 1 fully saturated rings. The Bertz CT molecular complexity index is 1290. The summed E-state index contributed by atoms with van der Waals surface area (Å²) < 4.78 is 2.12. The fourth-order valence-electron chi connectivity index (χ4n) is 4.63. The summed E-state index contributed by atoms with van der Waals surface area (Å²) in [5.74, 6) is -0.0144. The summed E-state index contributed by atoms with van der Waals surface area (Å²) in [6.45, 7) is 0.934. The van der Waals surface area contributed by atoms with Crippen LogP contribution >= 0.6 is 0 Å². The van der Waals surface area contributed by atoms with Crippen molar-refractivity contribution in [2.24, 2.45) is 0 Å². The lowest BCUT2D eigenvalue weighted by molar-refractivity contribution is 0.0917. The second-order valence-corrected chi connectivity index (χ2v) is 8.40. The molecule has 31 heavy (non-hydrogen) atoms. The van der Waals surface area contributed by atoms with E-state index in [0.717, 1.165) is 65.6 Å². The Morgan fingerprint density at radius 2 is 1.97 bits per heavy atom. The molecule has 154 valence electrons. The van der Waals surface area contributed by atoms with E-state index in [9.17, 15) is 4.79 Å². The summed E-state index contributed by atoms with van der Waals surface area (Å²) in [5.41, 5.74) is 6.75. The Balaban J connectivity index is 1.47. The Kier molecular flexibility index (Phi) is 4.30. The van der Waals surface area contributed by atoms with Crippen LogP contribution in [0.25, 0.3) is 33.4 Å². The molecule has 4 heterocycles. The van der Waals surface area contributed by atoms with Crippen molar-refractivity contribution in [1.82, 2.24) is 25.1 Å². The number of amides is 1. The Morgan fingerprint density at radius 1 is 1.03 bits per heavy atom. The standard InChI is InChI=1S/C25H23N5O/c31-25(28-17-5-3-6-17)16-9-10-18-19(11-13-27-21(18)15-16)23-22-8-4-14-30(22)29-24(23)20-7-1-2-12-26-20/h1-2,7,9-13,15,17H,3-6,8,14H2,(H,28,31). The lowest BCUT2D eigenvalue weighted by atomic mass is 9.92. The van der Waals surface area contributed by atoms with E-state index in [1.165, 1.54) is 12.1 Å².